The van der Waals surface area contributed by atoms with E-state index in [-0.39, 0.29) is 23.0 Å². The highest BCUT2D eigenvalue weighted by atomic mass is 16.3. The summed E-state index contributed by atoms with van der Waals surface area (Å²) >= 11 is 0. The zero-order valence-corrected chi connectivity index (χ0v) is 14.9. The first-order valence-corrected chi connectivity index (χ1v) is 8.91. The third-order valence-corrected chi connectivity index (χ3v) is 5.57. The van der Waals surface area contributed by atoms with Gasteiger partial charge < -0.3 is 20.1 Å². The number of likely N-dealkylation sites (tertiary alicyclic amines) is 1. The van der Waals surface area contributed by atoms with E-state index in [0.29, 0.717) is 6.54 Å². The van der Waals surface area contributed by atoms with Gasteiger partial charge in [-0.1, -0.05) is 20.8 Å². The standard InChI is InChI=1S/C18H29N3O3/c1-17(2,3)16-19-14-13(15(24)20-16)4-5-18(14)6-8-21(9-7-18)10-12(23)11-22/h12,22-23H,4-11H2,1-3H3,(H,19,20,24). The van der Waals surface area contributed by atoms with Crippen LogP contribution in [0.2, 0.25) is 0 Å². The number of nitrogens with one attached hydrogen (secondary N) is 1. The Morgan fingerprint density at radius 2 is 1.96 bits per heavy atom. The van der Waals surface area contributed by atoms with Crippen LogP contribution in [0.25, 0.3) is 0 Å². The normalized spacial score (nSPS) is 21.9. The molecule has 0 aromatic carbocycles. The number of rotatable bonds is 3. The largest absolute Gasteiger partial charge is 0.394 e. The van der Waals surface area contributed by atoms with Crippen molar-refractivity contribution in [1.82, 2.24) is 14.9 Å². The van der Waals surface area contributed by atoms with E-state index < -0.39 is 6.10 Å². The van der Waals surface area contributed by atoms with Gasteiger partial charge in [-0.15, -0.1) is 0 Å². The number of hydrogen-bond donors (Lipinski definition) is 3. The SMILES string of the molecule is CC(C)(C)c1nc2c(c(=O)[nH]1)CCC21CCN(CC(O)CO)CC1. The molecule has 1 fully saturated rings. The summed E-state index contributed by atoms with van der Waals surface area (Å²) in [6.07, 6.45) is 3.03. The average molecular weight is 335 g/mol. The minimum atomic E-state index is -0.677. The zero-order chi connectivity index (χ0) is 17.5. The average Bonchev–Trinajstić information content (AvgIpc) is 2.88. The zero-order valence-electron chi connectivity index (χ0n) is 14.9. The summed E-state index contributed by atoms with van der Waals surface area (Å²) in [6, 6.07) is 0. The van der Waals surface area contributed by atoms with Crippen LogP contribution in [0.4, 0.5) is 0 Å². The number of fused-ring (bicyclic) bond motifs is 2. The summed E-state index contributed by atoms with van der Waals surface area (Å²) < 4.78 is 0. The lowest BCUT2D eigenvalue weighted by Crippen LogP contribution is -2.45. The van der Waals surface area contributed by atoms with Crippen LogP contribution in [0.1, 0.15) is 57.1 Å². The molecule has 134 valence electrons. The van der Waals surface area contributed by atoms with Crippen LogP contribution in [0.3, 0.4) is 0 Å². The molecule has 0 amide bonds. The molecule has 1 atom stereocenters. The van der Waals surface area contributed by atoms with Crippen molar-refractivity contribution in [3.8, 4) is 0 Å². The lowest BCUT2D eigenvalue weighted by atomic mass is 9.76. The molecule has 1 aliphatic heterocycles. The van der Waals surface area contributed by atoms with Gasteiger partial charge >= 0.3 is 0 Å². The van der Waals surface area contributed by atoms with E-state index in [1.165, 1.54) is 0 Å². The first kappa shape index (κ1) is 17.6. The van der Waals surface area contributed by atoms with Gasteiger partial charge in [0.2, 0.25) is 0 Å². The number of piperidine rings is 1. The van der Waals surface area contributed by atoms with Crippen molar-refractivity contribution in [2.45, 2.75) is 63.4 Å². The summed E-state index contributed by atoms with van der Waals surface area (Å²) in [5.74, 6) is 0.769. The Kier molecular flexibility index (Phi) is 4.57. The van der Waals surface area contributed by atoms with Crippen molar-refractivity contribution in [3.05, 3.63) is 27.4 Å². The molecule has 2 heterocycles. The lowest BCUT2D eigenvalue weighted by Gasteiger charge is -2.40. The molecule has 1 unspecified atom stereocenters. The Hall–Kier alpha value is -1.24. The summed E-state index contributed by atoms with van der Waals surface area (Å²) in [5.41, 5.74) is 1.74. The van der Waals surface area contributed by atoms with Crippen LogP contribution in [0.15, 0.2) is 4.79 Å². The monoisotopic (exact) mass is 335 g/mol. The minimum Gasteiger partial charge on any atom is -0.394 e. The number of aromatic amines is 1. The fourth-order valence-electron chi connectivity index (χ4n) is 4.01. The van der Waals surface area contributed by atoms with Gasteiger partial charge in [0.1, 0.15) is 5.82 Å². The lowest BCUT2D eigenvalue weighted by molar-refractivity contribution is 0.0430. The number of H-pyrrole nitrogens is 1. The van der Waals surface area contributed by atoms with Crippen molar-refractivity contribution in [1.29, 1.82) is 0 Å². The fraction of sp³-hybridized carbons (Fsp3) is 0.778. The first-order chi connectivity index (χ1) is 11.2. The molecule has 24 heavy (non-hydrogen) atoms. The van der Waals surface area contributed by atoms with Crippen molar-refractivity contribution in [2.75, 3.05) is 26.2 Å². The smallest absolute Gasteiger partial charge is 0.254 e. The molecule has 0 saturated carbocycles. The van der Waals surface area contributed by atoms with Gasteiger partial charge in [-0.25, -0.2) is 4.98 Å². The van der Waals surface area contributed by atoms with Gasteiger partial charge in [0.25, 0.3) is 5.56 Å². The second kappa shape index (κ2) is 6.24. The molecule has 0 radical (unpaired) electrons. The van der Waals surface area contributed by atoms with Crippen LogP contribution < -0.4 is 5.56 Å². The van der Waals surface area contributed by atoms with E-state index in [0.717, 1.165) is 55.9 Å². The molecule has 1 spiro atoms. The molecular weight excluding hydrogens is 306 g/mol. The second-order valence-electron chi connectivity index (χ2n) is 8.41. The Morgan fingerprint density at radius 1 is 1.29 bits per heavy atom. The third-order valence-electron chi connectivity index (χ3n) is 5.57. The predicted molar refractivity (Wildman–Crippen MR) is 92.3 cm³/mol. The Labute approximate surface area is 142 Å². The van der Waals surface area contributed by atoms with Gasteiger partial charge in [0, 0.05) is 22.9 Å². The molecule has 3 rings (SSSR count). The molecule has 2 aliphatic rings. The van der Waals surface area contributed by atoms with Crippen LogP contribution in [0.5, 0.6) is 0 Å². The summed E-state index contributed by atoms with van der Waals surface area (Å²) in [5, 5.41) is 18.7. The molecule has 1 aromatic rings. The van der Waals surface area contributed by atoms with Crippen molar-refractivity contribution < 1.29 is 10.2 Å². The van der Waals surface area contributed by atoms with Crippen molar-refractivity contribution in [3.63, 3.8) is 0 Å². The maximum atomic E-state index is 12.5. The van der Waals surface area contributed by atoms with E-state index in [1.807, 2.05) is 0 Å². The minimum absolute atomic E-state index is 0.00423. The van der Waals surface area contributed by atoms with Crippen molar-refractivity contribution in [2.24, 2.45) is 0 Å². The maximum absolute atomic E-state index is 12.5. The second-order valence-corrected chi connectivity index (χ2v) is 8.41. The molecule has 6 nitrogen and oxygen atoms in total. The summed E-state index contributed by atoms with van der Waals surface area (Å²) in [7, 11) is 0. The molecule has 3 N–H and O–H groups in total. The molecule has 1 aliphatic carbocycles. The van der Waals surface area contributed by atoms with E-state index >= 15 is 0 Å². The van der Waals surface area contributed by atoms with Crippen LogP contribution >= 0.6 is 0 Å². The Bertz CT molecular complexity index is 654. The number of aromatic nitrogens is 2. The fourth-order valence-corrected chi connectivity index (χ4v) is 4.01. The number of aliphatic hydroxyl groups is 2. The van der Waals surface area contributed by atoms with Gasteiger partial charge in [0.05, 0.1) is 18.4 Å². The van der Waals surface area contributed by atoms with E-state index in [1.54, 1.807) is 0 Å². The maximum Gasteiger partial charge on any atom is 0.254 e. The van der Waals surface area contributed by atoms with Crippen LogP contribution in [-0.2, 0) is 17.3 Å². The molecule has 1 aromatic heterocycles. The Balaban J connectivity index is 1.85. The topological polar surface area (TPSA) is 89.5 Å². The highest BCUT2D eigenvalue weighted by Gasteiger charge is 2.44. The summed E-state index contributed by atoms with van der Waals surface area (Å²) in [4.78, 5) is 22.6. The highest BCUT2D eigenvalue weighted by molar-refractivity contribution is 5.34. The Morgan fingerprint density at radius 3 is 2.54 bits per heavy atom. The molecule has 1 saturated heterocycles. The van der Waals surface area contributed by atoms with E-state index in [2.05, 4.69) is 30.7 Å². The molecule has 6 heteroatoms. The van der Waals surface area contributed by atoms with Crippen LogP contribution in [-0.4, -0.2) is 57.4 Å². The number of hydrogen-bond acceptors (Lipinski definition) is 5. The van der Waals surface area contributed by atoms with E-state index in [4.69, 9.17) is 10.1 Å². The quantitative estimate of drug-likeness (QED) is 0.757. The molecular formula is C18H29N3O3. The van der Waals surface area contributed by atoms with Gasteiger partial charge in [-0.2, -0.15) is 0 Å². The van der Waals surface area contributed by atoms with Gasteiger partial charge in [0.15, 0.2) is 0 Å². The first-order valence-electron chi connectivity index (χ1n) is 8.91. The van der Waals surface area contributed by atoms with Crippen molar-refractivity contribution >= 4 is 0 Å². The summed E-state index contributed by atoms with van der Waals surface area (Å²) in [6.45, 7) is 8.26. The molecule has 0 bridgehead atoms. The highest BCUT2D eigenvalue weighted by Crippen LogP contribution is 2.44. The number of β-amino-alcohol motifs (C(OH)–C–C–N with tert-alkyl or cyclic N) is 1. The number of aliphatic hydroxyl groups excluding tert-OH is 2. The predicted octanol–water partition coefficient (Wildman–Crippen LogP) is 0.700. The van der Waals surface area contributed by atoms with Gasteiger partial charge in [-0.3, -0.25) is 4.79 Å². The van der Waals surface area contributed by atoms with Gasteiger partial charge in [-0.05, 0) is 38.8 Å². The van der Waals surface area contributed by atoms with E-state index in [9.17, 15) is 9.90 Å². The third kappa shape index (κ3) is 3.15. The van der Waals surface area contributed by atoms with Crippen LogP contribution in [0, 0.1) is 0 Å². The number of nitrogens with zero attached hydrogens (tertiary/aromatic N) is 2.